The molecule has 0 amide bonds. The number of oxazole rings is 1. The number of hydrogen-bond acceptors (Lipinski definition) is 5. The van der Waals surface area contributed by atoms with Gasteiger partial charge in [-0.25, -0.2) is 4.98 Å². The lowest BCUT2D eigenvalue weighted by Crippen LogP contribution is -2.43. The predicted octanol–water partition coefficient (Wildman–Crippen LogP) is 2.87. The van der Waals surface area contributed by atoms with Crippen LogP contribution in [0.15, 0.2) is 10.7 Å². The number of piperidine rings is 1. The van der Waals surface area contributed by atoms with E-state index in [0.717, 1.165) is 44.4 Å². The summed E-state index contributed by atoms with van der Waals surface area (Å²) in [4.78, 5) is 9.81. The Morgan fingerprint density at radius 3 is 2.78 bits per heavy atom. The van der Waals surface area contributed by atoms with Crippen molar-refractivity contribution in [2.75, 3.05) is 39.4 Å². The molecule has 3 rings (SSSR count). The second-order valence-electron chi connectivity index (χ2n) is 7.19. The van der Waals surface area contributed by atoms with Gasteiger partial charge >= 0.3 is 0 Å². The first-order valence-electron chi connectivity index (χ1n) is 9.21. The molecule has 0 aromatic carbocycles. The Morgan fingerprint density at radius 2 is 2.04 bits per heavy atom. The molecule has 2 fully saturated rings. The average molecular weight is 321 g/mol. The summed E-state index contributed by atoms with van der Waals surface area (Å²) in [5, 5.41) is 0. The van der Waals surface area contributed by atoms with E-state index in [9.17, 15) is 0 Å². The molecule has 1 atom stereocenters. The first-order valence-corrected chi connectivity index (χ1v) is 9.21. The molecule has 2 aliphatic heterocycles. The Labute approximate surface area is 140 Å². The van der Waals surface area contributed by atoms with Crippen molar-refractivity contribution in [2.45, 2.75) is 58.0 Å². The molecule has 1 aromatic heterocycles. The molecule has 130 valence electrons. The minimum absolute atomic E-state index is 0.363. The average Bonchev–Trinajstić information content (AvgIpc) is 3.04. The van der Waals surface area contributed by atoms with Crippen LogP contribution in [-0.2, 0) is 11.3 Å². The summed E-state index contributed by atoms with van der Waals surface area (Å²) in [6, 6.07) is 0.686. The van der Waals surface area contributed by atoms with E-state index in [2.05, 4.69) is 28.6 Å². The Balaban J connectivity index is 1.52. The summed E-state index contributed by atoms with van der Waals surface area (Å²) in [5.74, 6) is 1.23. The molecule has 0 bridgehead atoms. The molecule has 0 spiro atoms. The van der Waals surface area contributed by atoms with Gasteiger partial charge in [0.05, 0.1) is 18.9 Å². The highest BCUT2D eigenvalue weighted by Crippen LogP contribution is 2.23. The van der Waals surface area contributed by atoms with Crippen LogP contribution in [0.5, 0.6) is 0 Å². The Morgan fingerprint density at radius 1 is 1.22 bits per heavy atom. The summed E-state index contributed by atoms with van der Waals surface area (Å²) < 4.78 is 11.0. The SMILES string of the molecule is CC(C)c1nc(CN2CCCC[C@H]2CCN2CCOCC2)co1. The smallest absolute Gasteiger partial charge is 0.196 e. The molecule has 2 saturated heterocycles. The van der Waals surface area contributed by atoms with Crippen LogP contribution in [0.2, 0.25) is 0 Å². The fraction of sp³-hybridized carbons (Fsp3) is 0.833. The number of likely N-dealkylation sites (tertiary alicyclic amines) is 1. The second kappa shape index (κ2) is 8.27. The zero-order valence-corrected chi connectivity index (χ0v) is 14.7. The molecule has 0 aliphatic carbocycles. The quantitative estimate of drug-likeness (QED) is 0.806. The number of ether oxygens (including phenoxy) is 1. The zero-order chi connectivity index (χ0) is 16.1. The summed E-state index contributed by atoms with van der Waals surface area (Å²) in [5.41, 5.74) is 1.09. The highest BCUT2D eigenvalue weighted by atomic mass is 16.5. The van der Waals surface area contributed by atoms with Crippen LogP contribution in [0.3, 0.4) is 0 Å². The molecule has 23 heavy (non-hydrogen) atoms. The van der Waals surface area contributed by atoms with Crippen molar-refractivity contribution in [3.8, 4) is 0 Å². The van der Waals surface area contributed by atoms with E-state index in [1.807, 2.05) is 6.26 Å². The van der Waals surface area contributed by atoms with Gasteiger partial charge in [0, 0.05) is 31.6 Å². The van der Waals surface area contributed by atoms with E-state index >= 15 is 0 Å². The monoisotopic (exact) mass is 321 g/mol. The first-order chi connectivity index (χ1) is 11.2. The van der Waals surface area contributed by atoms with Crippen molar-refractivity contribution in [3.05, 3.63) is 17.8 Å². The fourth-order valence-corrected chi connectivity index (χ4v) is 3.62. The zero-order valence-electron chi connectivity index (χ0n) is 14.7. The van der Waals surface area contributed by atoms with Crippen molar-refractivity contribution in [1.29, 1.82) is 0 Å². The van der Waals surface area contributed by atoms with Gasteiger partial charge < -0.3 is 9.15 Å². The maximum Gasteiger partial charge on any atom is 0.196 e. The van der Waals surface area contributed by atoms with E-state index < -0.39 is 0 Å². The number of morpholine rings is 1. The maximum atomic E-state index is 5.60. The number of nitrogens with zero attached hydrogens (tertiary/aromatic N) is 3. The van der Waals surface area contributed by atoms with Crippen LogP contribution in [0.1, 0.15) is 57.0 Å². The molecule has 3 heterocycles. The fourth-order valence-electron chi connectivity index (χ4n) is 3.62. The number of hydrogen-bond donors (Lipinski definition) is 0. The van der Waals surface area contributed by atoms with Crippen molar-refractivity contribution in [3.63, 3.8) is 0 Å². The normalized spacial score (nSPS) is 24.4. The summed E-state index contributed by atoms with van der Waals surface area (Å²) in [6.07, 6.45) is 7.10. The van der Waals surface area contributed by atoms with Gasteiger partial charge in [-0.15, -0.1) is 0 Å². The van der Waals surface area contributed by atoms with E-state index in [4.69, 9.17) is 9.15 Å². The summed E-state index contributed by atoms with van der Waals surface area (Å²) in [6.45, 7) is 11.5. The van der Waals surface area contributed by atoms with Gasteiger partial charge in [0.15, 0.2) is 5.89 Å². The van der Waals surface area contributed by atoms with Gasteiger partial charge in [-0.2, -0.15) is 0 Å². The first kappa shape index (κ1) is 16.9. The van der Waals surface area contributed by atoms with Gasteiger partial charge in [0.2, 0.25) is 0 Å². The van der Waals surface area contributed by atoms with Crippen LogP contribution < -0.4 is 0 Å². The van der Waals surface area contributed by atoms with Gasteiger partial charge in [-0.3, -0.25) is 9.80 Å². The Kier molecular flexibility index (Phi) is 6.08. The van der Waals surface area contributed by atoms with E-state index in [1.165, 1.54) is 38.8 Å². The molecule has 0 radical (unpaired) electrons. The number of aromatic nitrogens is 1. The minimum Gasteiger partial charge on any atom is -0.448 e. The Bertz CT molecular complexity index is 469. The Hall–Kier alpha value is -0.910. The van der Waals surface area contributed by atoms with Crippen molar-refractivity contribution >= 4 is 0 Å². The van der Waals surface area contributed by atoms with Crippen LogP contribution >= 0.6 is 0 Å². The largest absolute Gasteiger partial charge is 0.448 e. The van der Waals surface area contributed by atoms with Crippen LogP contribution in [-0.4, -0.2) is 60.2 Å². The summed E-state index contributed by atoms with van der Waals surface area (Å²) in [7, 11) is 0. The third-order valence-electron chi connectivity index (χ3n) is 5.06. The van der Waals surface area contributed by atoms with E-state index in [0.29, 0.717) is 12.0 Å². The third kappa shape index (κ3) is 4.78. The molecule has 1 aromatic rings. The molecular weight excluding hydrogens is 290 g/mol. The topological polar surface area (TPSA) is 41.7 Å². The van der Waals surface area contributed by atoms with Gasteiger partial charge in [-0.1, -0.05) is 20.3 Å². The van der Waals surface area contributed by atoms with E-state index in [-0.39, 0.29) is 0 Å². The number of rotatable bonds is 6. The standard InChI is InChI=1S/C18H31N3O2/c1-15(2)18-19-16(14-23-18)13-21-7-4-3-5-17(21)6-8-20-9-11-22-12-10-20/h14-15,17H,3-13H2,1-2H3/t17-/m0/s1. The third-order valence-corrected chi connectivity index (χ3v) is 5.06. The van der Waals surface area contributed by atoms with Crippen LogP contribution in [0.4, 0.5) is 0 Å². The highest BCUT2D eigenvalue weighted by molar-refractivity contribution is 5.00. The van der Waals surface area contributed by atoms with E-state index in [1.54, 1.807) is 0 Å². The molecule has 0 saturated carbocycles. The van der Waals surface area contributed by atoms with Crippen LogP contribution in [0, 0.1) is 0 Å². The molecule has 5 nitrogen and oxygen atoms in total. The lowest BCUT2D eigenvalue weighted by atomic mass is 9.99. The predicted molar refractivity (Wildman–Crippen MR) is 90.5 cm³/mol. The highest BCUT2D eigenvalue weighted by Gasteiger charge is 2.24. The molecular formula is C18H31N3O2. The van der Waals surface area contributed by atoms with Crippen molar-refractivity contribution in [1.82, 2.24) is 14.8 Å². The second-order valence-corrected chi connectivity index (χ2v) is 7.19. The molecule has 2 aliphatic rings. The summed E-state index contributed by atoms with van der Waals surface area (Å²) >= 11 is 0. The van der Waals surface area contributed by atoms with Crippen molar-refractivity contribution in [2.24, 2.45) is 0 Å². The minimum atomic E-state index is 0.363. The van der Waals surface area contributed by atoms with Gasteiger partial charge in [0.25, 0.3) is 0 Å². The van der Waals surface area contributed by atoms with Gasteiger partial charge in [-0.05, 0) is 32.4 Å². The van der Waals surface area contributed by atoms with Crippen molar-refractivity contribution < 1.29 is 9.15 Å². The lowest BCUT2D eigenvalue weighted by molar-refractivity contribution is 0.0301. The van der Waals surface area contributed by atoms with Gasteiger partial charge in [0.1, 0.15) is 6.26 Å². The molecule has 0 unspecified atom stereocenters. The molecule has 5 heteroatoms. The van der Waals surface area contributed by atoms with Crippen LogP contribution in [0.25, 0.3) is 0 Å². The lowest BCUT2D eigenvalue weighted by Gasteiger charge is -2.37. The maximum absolute atomic E-state index is 5.60. The molecule has 0 N–H and O–H groups in total.